The van der Waals surface area contributed by atoms with E-state index in [2.05, 4.69) is 15.5 Å². The van der Waals surface area contributed by atoms with Gasteiger partial charge < -0.3 is 26.1 Å². The van der Waals surface area contributed by atoms with Crippen LogP contribution in [-0.4, -0.2) is 53.3 Å². The SMILES string of the molecule is [C-]#[N+]C[C@H]1CC[C@H]2CC[C@@H](C(=O)NC(c3ccccc3)c3ccccc3)N2C(=O)[C@H]1NC(=O)[C@@H](N)CC. The van der Waals surface area contributed by atoms with Gasteiger partial charge in [0.25, 0.3) is 0 Å². The van der Waals surface area contributed by atoms with Crippen LogP contribution in [0.25, 0.3) is 4.85 Å². The van der Waals surface area contributed by atoms with Crippen molar-refractivity contribution >= 4 is 17.7 Å². The van der Waals surface area contributed by atoms with E-state index < -0.39 is 24.0 Å². The number of nitrogens with one attached hydrogen (secondary N) is 2. The zero-order chi connectivity index (χ0) is 26.4. The molecule has 2 heterocycles. The molecule has 194 valence electrons. The van der Waals surface area contributed by atoms with E-state index in [0.717, 1.165) is 11.1 Å². The third-order valence-electron chi connectivity index (χ3n) is 7.62. The molecule has 0 radical (unpaired) electrons. The van der Waals surface area contributed by atoms with Gasteiger partial charge in [0, 0.05) is 6.04 Å². The molecule has 0 saturated carbocycles. The predicted molar refractivity (Wildman–Crippen MR) is 141 cm³/mol. The topological polar surface area (TPSA) is 109 Å². The molecule has 4 rings (SSSR count). The minimum absolute atomic E-state index is 0.0925. The van der Waals surface area contributed by atoms with Crippen LogP contribution in [0.15, 0.2) is 60.7 Å². The minimum atomic E-state index is -0.864. The summed E-state index contributed by atoms with van der Waals surface area (Å²) in [5.74, 6) is -1.22. The Labute approximate surface area is 218 Å². The molecule has 5 atom stereocenters. The number of carbonyl (C=O) groups excluding carboxylic acids is 3. The van der Waals surface area contributed by atoms with Gasteiger partial charge in [-0.1, -0.05) is 67.6 Å². The van der Waals surface area contributed by atoms with Gasteiger partial charge in [-0.05, 0) is 43.2 Å². The Kier molecular flexibility index (Phi) is 8.57. The molecule has 3 amide bonds. The van der Waals surface area contributed by atoms with E-state index in [0.29, 0.717) is 32.1 Å². The summed E-state index contributed by atoms with van der Waals surface area (Å²) in [7, 11) is 0. The molecule has 2 aromatic rings. The van der Waals surface area contributed by atoms with Crippen LogP contribution in [0.1, 0.15) is 56.2 Å². The lowest BCUT2D eigenvalue weighted by Crippen LogP contribution is -2.58. The van der Waals surface area contributed by atoms with Crippen molar-refractivity contribution in [1.82, 2.24) is 15.5 Å². The number of rotatable bonds is 8. The zero-order valence-electron chi connectivity index (χ0n) is 21.2. The third-order valence-corrected chi connectivity index (χ3v) is 7.62. The number of carbonyl (C=O) groups is 3. The standard InChI is InChI=1S/C29H35N5O3/c1-3-23(30)27(35)33-26-21(18-31-2)14-15-22-16-17-24(34(22)29(26)37)28(36)32-25(19-10-6-4-7-11-19)20-12-8-5-9-13-20/h4-13,21-26H,3,14-18,30H2,1H3,(H,32,36)(H,33,35)/t21-,22+,23+,24+,26+/m1/s1. The third kappa shape index (κ3) is 5.83. The highest BCUT2D eigenvalue weighted by Gasteiger charge is 2.48. The smallest absolute Gasteiger partial charge is 0.246 e. The summed E-state index contributed by atoms with van der Waals surface area (Å²) < 4.78 is 0. The van der Waals surface area contributed by atoms with Crippen LogP contribution in [0.5, 0.6) is 0 Å². The van der Waals surface area contributed by atoms with Crippen molar-refractivity contribution < 1.29 is 14.4 Å². The summed E-state index contributed by atoms with van der Waals surface area (Å²) in [5.41, 5.74) is 7.83. The van der Waals surface area contributed by atoms with Crippen LogP contribution in [0.3, 0.4) is 0 Å². The number of amides is 3. The van der Waals surface area contributed by atoms with Gasteiger partial charge in [0.2, 0.25) is 24.3 Å². The first kappa shape index (κ1) is 26.4. The molecule has 8 heteroatoms. The van der Waals surface area contributed by atoms with Crippen LogP contribution >= 0.6 is 0 Å². The van der Waals surface area contributed by atoms with Crippen molar-refractivity contribution in [3.63, 3.8) is 0 Å². The fourth-order valence-corrected chi connectivity index (χ4v) is 5.52. The van der Waals surface area contributed by atoms with Crippen LogP contribution in [-0.2, 0) is 14.4 Å². The van der Waals surface area contributed by atoms with Crippen molar-refractivity contribution in [2.24, 2.45) is 11.7 Å². The van der Waals surface area contributed by atoms with E-state index in [9.17, 15) is 14.4 Å². The molecule has 0 unspecified atom stereocenters. The van der Waals surface area contributed by atoms with Crippen molar-refractivity contribution in [3.8, 4) is 0 Å². The monoisotopic (exact) mass is 501 g/mol. The van der Waals surface area contributed by atoms with E-state index in [1.807, 2.05) is 67.6 Å². The number of nitrogens with zero attached hydrogens (tertiary/aromatic N) is 2. The van der Waals surface area contributed by atoms with Gasteiger partial charge in [-0.25, -0.2) is 6.57 Å². The van der Waals surface area contributed by atoms with E-state index in [-0.39, 0.29) is 36.4 Å². The summed E-state index contributed by atoms with van der Waals surface area (Å²) in [6, 6.07) is 16.8. The first-order valence-corrected chi connectivity index (χ1v) is 13.1. The first-order valence-electron chi connectivity index (χ1n) is 13.1. The molecule has 2 aromatic carbocycles. The maximum atomic E-state index is 13.9. The van der Waals surface area contributed by atoms with E-state index in [1.165, 1.54) is 0 Å². The number of benzene rings is 2. The quantitative estimate of drug-likeness (QED) is 0.483. The molecule has 0 aliphatic carbocycles. The lowest BCUT2D eigenvalue weighted by atomic mass is 9.93. The molecule has 2 aliphatic heterocycles. The molecular weight excluding hydrogens is 466 g/mol. The summed E-state index contributed by atoms with van der Waals surface area (Å²) >= 11 is 0. The lowest BCUT2D eigenvalue weighted by molar-refractivity contribution is -0.143. The Morgan fingerprint density at radius 1 is 1.03 bits per heavy atom. The zero-order valence-corrected chi connectivity index (χ0v) is 21.2. The van der Waals surface area contributed by atoms with Crippen LogP contribution in [0.4, 0.5) is 0 Å². The number of hydrogen-bond acceptors (Lipinski definition) is 4. The molecule has 0 aromatic heterocycles. The van der Waals surface area contributed by atoms with Crippen molar-refractivity contribution in [3.05, 3.63) is 83.2 Å². The van der Waals surface area contributed by atoms with E-state index in [1.54, 1.807) is 4.90 Å². The Hall–Kier alpha value is -3.70. The van der Waals surface area contributed by atoms with Gasteiger partial charge in [-0.3, -0.25) is 14.4 Å². The van der Waals surface area contributed by atoms with Crippen molar-refractivity contribution in [2.75, 3.05) is 6.54 Å². The van der Waals surface area contributed by atoms with Gasteiger partial charge >= 0.3 is 0 Å². The first-order chi connectivity index (χ1) is 17.9. The summed E-state index contributed by atoms with van der Waals surface area (Å²) in [5, 5.41) is 6.02. The number of nitrogens with two attached hydrogens (primary N) is 1. The summed E-state index contributed by atoms with van der Waals surface area (Å²) in [6.45, 7) is 9.32. The molecule has 0 spiro atoms. The van der Waals surface area contributed by atoms with E-state index in [4.69, 9.17) is 12.3 Å². The molecule has 2 fully saturated rings. The highest BCUT2D eigenvalue weighted by atomic mass is 16.2. The molecule has 0 bridgehead atoms. The van der Waals surface area contributed by atoms with Crippen LogP contribution < -0.4 is 16.4 Å². The Bertz CT molecular complexity index is 1090. The van der Waals surface area contributed by atoms with Crippen LogP contribution in [0, 0.1) is 12.5 Å². The molecule has 2 saturated heterocycles. The largest absolute Gasteiger partial charge is 0.343 e. The molecule has 8 nitrogen and oxygen atoms in total. The highest BCUT2D eigenvalue weighted by Crippen LogP contribution is 2.35. The number of hydrogen-bond donors (Lipinski definition) is 3. The molecule has 2 aliphatic rings. The van der Waals surface area contributed by atoms with Gasteiger partial charge in [0.15, 0.2) is 0 Å². The second kappa shape index (κ2) is 12.0. The average Bonchev–Trinajstić information content (AvgIpc) is 3.32. The maximum Gasteiger partial charge on any atom is 0.246 e. The highest BCUT2D eigenvalue weighted by molar-refractivity contribution is 5.94. The van der Waals surface area contributed by atoms with Gasteiger partial charge in [0.05, 0.1) is 18.0 Å². The lowest BCUT2D eigenvalue weighted by Gasteiger charge is -2.32. The fraction of sp³-hybridized carbons (Fsp3) is 0.448. The van der Waals surface area contributed by atoms with Crippen molar-refractivity contribution in [2.45, 2.75) is 69.2 Å². The van der Waals surface area contributed by atoms with E-state index >= 15 is 0 Å². The summed E-state index contributed by atoms with van der Waals surface area (Å²) in [6.07, 6.45) is 3.04. The average molecular weight is 502 g/mol. The Balaban J connectivity index is 1.59. The van der Waals surface area contributed by atoms with Gasteiger partial charge in [-0.15, -0.1) is 0 Å². The Morgan fingerprint density at radius 2 is 1.62 bits per heavy atom. The normalized spacial score (nSPS) is 24.1. The number of fused-ring (bicyclic) bond motifs is 1. The fourth-order valence-electron chi connectivity index (χ4n) is 5.52. The second-order valence-electron chi connectivity index (χ2n) is 9.93. The summed E-state index contributed by atoms with van der Waals surface area (Å²) in [4.78, 5) is 45.5. The van der Waals surface area contributed by atoms with Gasteiger partial charge in [-0.2, -0.15) is 0 Å². The second-order valence-corrected chi connectivity index (χ2v) is 9.93. The molecular formula is C29H35N5O3. The predicted octanol–water partition coefficient (Wildman–Crippen LogP) is 2.80. The molecule has 37 heavy (non-hydrogen) atoms. The van der Waals surface area contributed by atoms with Gasteiger partial charge in [0.1, 0.15) is 12.1 Å². The maximum absolute atomic E-state index is 13.9. The minimum Gasteiger partial charge on any atom is -0.343 e. The van der Waals surface area contributed by atoms with Crippen molar-refractivity contribution in [1.29, 1.82) is 0 Å². The van der Waals surface area contributed by atoms with Crippen LogP contribution in [0.2, 0.25) is 0 Å². The Morgan fingerprint density at radius 3 is 2.19 bits per heavy atom. The molecule has 4 N–H and O–H groups in total.